The topological polar surface area (TPSA) is 55.8 Å². The van der Waals surface area contributed by atoms with Crippen molar-refractivity contribution in [3.05, 3.63) is 23.3 Å². The van der Waals surface area contributed by atoms with Crippen molar-refractivity contribution in [2.45, 2.75) is 76.1 Å². The Morgan fingerprint density at radius 1 is 0.935 bits per heavy atom. The van der Waals surface area contributed by atoms with Gasteiger partial charge in [-0.3, -0.25) is 14.4 Å². The van der Waals surface area contributed by atoms with Crippen LogP contribution in [0, 0.1) is 0 Å². The smallest absolute Gasteiger partial charge is 0.269 e. The number of carbonyl (C=O) groups is 2. The SMILES string of the molecule is C1CCOC1.CON(C)C(=O)C=C1CCC(F)(F)CC1.O=CC=C1CCC(F)(F)CC1. The van der Waals surface area contributed by atoms with Gasteiger partial charge in [-0.2, -0.15) is 0 Å². The van der Waals surface area contributed by atoms with Gasteiger partial charge in [-0.25, -0.2) is 22.6 Å². The normalized spacial score (nSPS) is 21.6. The van der Waals surface area contributed by atoms with E-state index < -0.39 is 11.8 Å². The summed E-state index contributed by atoms with van der Waals surface area (Å²) in [6, 6.07) is 0. The second-order valence-electron chi connectivity index (χ2n) is 7.81. The van der Waals surface area contributed by atoms with Gasteiger partial charge in [0.25, 0.3) is 5.91 Å². The lowest BCUT2D eigenvalue weighted by Gasteiger charge is -2.23. The summed E-state index contributed by atoms with van der Waals surface area (Å²) in [5.41, 5.74) is 1.63. The summed E-state index contributed by atoms with van der Waals surface area (Å²) in [5.74, 6) is -5.37. The number of hydroxylamine groups is 2. The molecule has 3 fully saturated rings. The van der Waals surface area contributed by atoms with Gasteiger partial charge in [0.1, 0.15) is 6.29 Å². The van der Waals surface area contributed by atoms with E-state index in [0.29, 0.717) is 19.1 Å². The maximum absolute atomic E-state index is 12.8. The summed E-state index contributed by atoms with van der Waals surface area (Å²) in [6.45, 7) is 2.00. The fraction of sp³-hybridized carbons (Fsp3) is 0.727. The van der Waals surface area contributed by atoms with Crippen LogP contribution in [0.25, 0.3) is 0 Å². The Labute approximate surface area is 181 Å². The van der Waals surface area contributed by atoms with Crippen LogP contribution in [0.2, 0.25) is 0 Å². The van der Waals surface area contributed by atoms with Crippen molar-refractivity contribution in [1.29, 1.82) is 0 Å². The van der Waals surface area contributed by atoms with Crippen molar-refractivity contribution in [2.24, 2.45) is 0 Å². The van der Waals surface area contributed by atoms with Gasteiger partial charge in [0, 0.05) is 52.0 Å². The number of rotatable bonds is 3. The van der Waals surface area contributed by atoms with Crippen LogP contribution in [0.3, 0.4) is 0 Å². The van der Waals surface area contributed by atoms with E-state index in [2.05, 4.69) is 4.84 Å². The van der Waals surface area contributed by atoms with Crippen LogP contribution in [0.15, 0.2) is 23.3 Å². The molecule has 1 heterocycles. The molecular weight excluding hydrogens is 418 g/mol. The van der Waals surface area contributed by atoms with Crippen LogP contribution in [0.1, 0.15) is 64.2 Å². The van der Waals surface area contributed by atoms with Crippen LogP contribution in [-0.2, 0) is 19.2 Å². The Bertz CT molecular complexity index is 599. The van der Waals surface area contributed by atoms with E-state index in [0.717, 1.165) is 29.4 Å². The van der Waals surface area contributed by atoms with Gasteiger partial charge in [-0.1, -0.05) is 11.1 Å². The van der Waals surface area contributed by atoms with E-state index in [1.54, 1.807) is 0 Å². The third-order valence-electron chi connectivity index (χ3n) is 5.29. The fourth-order valence-electron chi connectivity index (χ4n) is 3.15. The van der Waals surface area contributed by atoms with Crippen molar-refractivity contribution < 1.29 is 36.7 Å². The molecule has 0 radical (unpaired) electrons. The van der Waals surface area contributed by atoms with Crippen molar-refractivity contribution in [1.82, 2.24) is 5.06 Å². The van der Waals surface area contributed by atoms with Crippen LogP contribution in [0.4, 0.5) is 17.6 Å². The zero-order chi connectivity index (χ0) is 23.3. The zero-order valence-electron chi connectivity index (χ0n) is 18.3. The molecule has 0 spiro atoms. The van der Waals surface area contributed by atoms with E-state index in [9.17, 15) is 27.2 Å². The molecule has 5 nitrogen and oxygen atoms in total. The summed E-state index contributed by atoms with van der Waals surface area (Å²) in [7, 11) is 2.86. The summed E-state index contributed by atoms with van der Waals surface area (Å²) in [6.07, 6.45) is 6.78. The van der Waals surface area contributed by atoms with Crippen molar-refractivity contribution in [3.8, 4) is 0 Å². The third-order valence-corrected chi connectivity index (χ3v) is 5.29. The Hall–Kier alpha value is -1.74. The maximum Gasteiger partial charge on any atom is 0.269 e. The largest absolute Gasteiger partial charge is 0.381 e. The predicted octanol–water partition coefficient (Wildman–Crippen LogP) is 5.26. The number of carbonyl (C=O) groups excluding carboxylic acids is 2. The first-order valence-electron chi connectivity index (χ1n) is 10.6. The number of hydrogen-bond donors (Lipinski definition) is 0. The molecule has 2 saturated carbocycles. The van der Waals surface area contributed by atoms with E-state index in [-0.39, 0.29) is 44.4 Å². The van der Waals surface area contributed by atoms with Crippen molar-refractivity contribution in [3.63, 3.8) is 0 Å². The van der Waals surface area contributed by atoms with Gasteiger partial charge in [0.05, 0.1) is 7.11 Å². The highest BCUT2D eigenvalue weighted by Crippen LogP contribution is 2.36. The monoisotopic (exact) mass is 451 g/mol. The number of likely N-dealkylation sites (N-methyl/N-ethyl adjacent to an activating group) is 1. The molecule has 0 bridgehead atoms. The molecule has 0 aromatic heterocycles. The lowest BCUT2D eigenvalue weighted by molar-refractivity contribution is -0.162. The summed E-state index contributed by atoms with van der Waals surface area (Å²) in [5, 5.41) is 1.07. The zero-order valence-corrected chi connectivity index (χ0v) is 18.3. The minimum absolute atomic E-state index is 0.104. The second kappa shape index (κ2) is 13.6. The first kappa shape index (κ1) is 27.3. The van der Waals surface area contributed by atoms with Crippen LogP contribution < -0.4 is 0 Å². The highest BCUT2D eigenvalue weighted by Gasteiger charge is 2.33. The quantitative estimate of drug-likeness (QED) is 0.254. The molecule has 9 heteroatoms. The first-order chi connectivity index (χ1) is 14.6. The average molecular weight is 452 g/mol. The molecule has 0 aromatic carbocycles. The molecule has 1 saturated heterocycles. The summed E-state index contributed by atoms with van der Waals surface area (Å²) >= 11 is 0. The van der Waals surface area contributed by atoms with Crippen molar-refractivity contribution in [2.75, 3.05) is 27.4 Å². The number of aldehydes is 1. The number of alkyl halides is 4. The molecule has 31 heavy (non-hydrogen) atoms. The minimum Gasteiger partial charge on any atom is -0.381 e. The second-order valence-corrected chi connectivity index (χ2v) is 7.81. The summed E-state index contributed by atoms with van der Waals surface area (Å²) in [4.78, 5) is 26.0. The van der Waals surface area contributed by atoms with Gasteiger partial charge in [-0.05, 0) is 44.6 Å². The Morgan fingerprint density at radius 2 is 1.39 bits per heavy atom. The molecule has 178 valence electrons. The molecule has 3 aliphatic rings. The predicted molar refractivity (Wildman–Crippen MR) is 109 cm³/mol. The Balaban J connectivity index is 0.000000260. The van der Waals surface area contributed by atoms with Crippen LogP contribution in [0.5, 0.6) is 0 Å². The van der Waals surface area contributed by atoms with Gasteiger partial charge in [-0.15, -0.1) is 0 Å². The average Bonchev–Trinajstić information content (AvgIpc) is 3.31. The molecule has 0 N–H and O–H groups in total. The number of halogens is 4. The van der Waals surface area contributed by atoms with E-state index in [4.69, 9.17) is 4.74 Å². The van der Waals surface area contributed by atoms with Crippen molar-refractivity contribution >= 4 is 12.2 Å². The van der Waals surface area contributed by atoms with E-state index in [1.807, 2.05) is 0 Å². The molecule has 0 aromatic rings. The standard InChI is InChI=1S/C10H15F2NO2.C8H10F2O.C4H8O/c1-13(15-2)9(14)7-8-3-5-10(11,12)6-4-8;9-8(10)4-1-7(2-5-8)3-6-11;1-2-4-5-3-1/h7H,3-6H2,1-2H3;3,6H,1-2,4-5H2;1-4H2. The van der Waals surface area contributed by atoms with E-state index in [1.165, 1.54) is 39.2 Å². The molecular formula is C22H33F4NO4. The molecule has 0 unspecified atom stereocenters. The fourth-order valence-corrected chi connectivity index (χ4v) is 3.15. The lowest BCUT2D eigenvalue weighted by Crippen LogP contribution is -2.25. The molecule has 1 amide bonds. The number of nitrogens with zero attached hydrogens (tertiary/aromatic N) is 1. The van der Waals surface area contributed by atoms with Gasteiger partial charge in [0.15, 0.2) is 0 Å². The minimum atomic E-state index is -2.56. The number of ether oxygens (including phenoxy) is 1. The lowest BCUT2D eigenvalue weighted by atomic mass is 9.91. The molecule has 3 rings (SSSR count). The molecule has 0 atom stereocenters. The number of amides is 1. The highest BCUT2D eigenvalue weighted by molar-refractivity contribution is 5.87. The summed E-state index contributed by atoms with van der Waals surface area (Å²) < 4.78 is 55.5. The first-order valence-corrected chi connectivity index (χ1v) is 10.6. The third kappa shape index (κ3) is 12.0. The van der Waals surface area contributed by atoms with Crippen LogP contribution in [-0.4, -0.2) is 56.5 Å². The Kier molecular flexibility index (Phi) is 12.0. The highest BCUT2D eigenvalue weighted by atomic mass is 19.3. The number of hydrogen-bond acceptors (Lipinski definition) is 4. The molecule has 2 aliphatic carbocycles. The maximum atomic E-state index is 12.8. The number of allylic oxidation sites excluding steroid dienone is 3. The van der Waals surface area contributed by atoms with Gasteiger partial charge < -0.3 is 4.74 Å². The molecule has 1 aliphatic heterocycles. The Morgan fingerprint density at radius 3 is 1.74 bits per heavy atom. The van der Waals surface area contributed by atoms with Gasteiger partial charge in [0.2, 0.25) is 11.8 Å². The van der Waals surface area contributed by atoms with Crippen LogP contribution >= 0.6 is 0 Å². The van der Waals surface area contributed by atoms with E-state index >= 15 is 0 Å². The van der Waals surface area contributed by atoms with Gasteiger partial charge >= 0.3 is 0 Å².